The maximum Gasteiger partial charge on any atom is 0.272 e. The third-order valence-electron chi connectivity index (χ3n) is 2.64. The zero-order valence-electron chi connectivity index (χ0n) is 11.0. The molecule has 3 rings (SSSR count). The van der Waals surface area contributed by atoms with Crippen LogP contribution in [0.4, 0.5) is 5.82 Å². The van der Waals surface area contributed by atoms with Crippen LogP contribution >= 0.6 is 11.3 Å². The highest BCUT2D eigenvalue weighted by atomic mass is 32.2. The molecule has 9 heteroatoms. The van der Waals surface area contributed by atoms with Gasteiger partial charge in [0.1, 0.15) is 28.5 Å². The van der Waals surface area contributed by atoms with Gasteiger partial charge in [0.05, 0.1) is 0 Å². The number of rotatable bonds is 4. The summed E-state index contributed by atoms with van der Waals surface area (Å²) >= 11 is 1.21. The van der Waals surface area contributed by atoms with Gasteiger partial charge in [-0.05, 0) is 19.1 Å². The normalized spacial score (nSPS) is 11.5. The van der Waals surface area contributed by atoms with E-state index in [0.29, 0.717) is 5.82 Å². The number of nitrogens with zero attached hydrogens (tertiary/aromatic N) is 4. The zero-order chi connectivity index (χ0) is 14.9. The molecule has 108 valence electrons. The summed E-state index contributed by atoms with van der Waals surface area (Å²) in [7, 11) is -3.62. The average molecular weight is 321 g/mol. The lowest BCUT2D eigenvalue weighted by molar-refractivity contribution is 0.603. The summed E-state index contributed by atoms with van der Waals surface area (Å²) in [4.78, 5) is 12.9. The molecule has 0 aliphatic carbocycles. The summed E-state index contributed by atoms with van der Waals surface area (Å²) in [6.45, 7) is 1.85. The molecule has 21 heavy (non-hydrogen) atoms. The van der Waals surface area contributed by atoms with E-state index < -0.39 is 10.0 Å². The van der Waals surface area contributed by atoms with Crippen molar-refractivity contribution in [2.24, 2.45) is 0 Å². The van der Waals surface area contributed by atoms with Crippen molar-refractivity contribution in [3.05, 3.63) is 48.1 Å². The Balaban J connectivity index is 1.90. The van der Waals surface area contributed by atoms with Crippen LogP contribution in [-0.2, 0) is 10.0 Å². The minimum atomic E-state index is -3.62. The van der Waals surface area contributed by atoms with Crippen LogP contribution in [0.1, 0.15) is 4.88 Å². The number of nitrogens with one attached hydrogen (secondary N) is 1. The van der Waals surface area contributed by atoms with E-state index in [-0.39, 0.29) is 10.0 Å². The Labute approximate surface area is 125 Å². The molecule has 7 nitrogen and oxygen atoms in total. The highest BCUT2D eigenvalue weighted by Crippen LogP contribution is 2.23. The average Bonchev–Trinajstić information content (AvgIpc) is 3.09. The van der Waals surface area contributed by atoms with E-state index in [1.54, 1.807) is 41.5 Å². The number of thiophene rings is 1. The largest absolute Gasteiger partial charge is 0.290 e. The predicted molar refractivity (Wildman–Crippen MR) is 79.0 cm³/mol. The maximum absolute atomic E-state index is 12.2. The van der Waals surface area contributed by atoms with Gasteiger partial charge in [-0.2, -0.15) is 0 Å². The molecule has 3 aromatic heterocycles. The van der Waals surface area contributed by atoms with Gasteiger partial charge < -0.3 is 0 Å². The first-order valence-corrected chi connectivity index (χ1v) is 8.24. The Bertz CT molecular complexity index is 855. The van der Waals surface area contributed by atoms with Gasteiger partial charge in [-0.1, -0.05) is 0 Å². The monoisotopic (exact) mass is 321 g/mol. The molecular weight excluding hydrogens is 310 g/mol. The van der Waals surface area contributed by atoms with Gasteiger partial charge in [0.2, 0.25) is 0 Å². The fraction of sp³-hybridized carbons (Fsp3) is 0.0833. The molecule has 0 saturated heterocycles. The molecule has 3 aromatic rings. The van der Waals surface area contributed by atoms with Crippen molar-refractivity contribution in [1.29, 1.82) is 0 Å². The van der Waals surface area contributed by atoms with Crippen molar-refractivity contribution in [2.45, 2.75) is 11.1 Å². The SMILES string of the molecule is Cc1ccc(S(=O)(=O)Nc2cc(-n3ccnc3)ncn2)s1. The third-order valence-corrected chi connectivity index (χ3v) is 5.49. The number of anilines is 1. The Kier molecular flexibility index (Phi) is 3.43. The molecule has 0 aromatic carbocycles. The van der Waals surface area contributed by atoms with Crippen molar-refractivity contribution < 1.29 is 8.42 Å². The highest BCUT2D eigenvalue weighted by molar-refractivity contribution is 7.94. The fourth-order valence-corrected chi connectivity index (χ4v) is 3.97. The van der Waals surface area contributed by atoms with E-state index >= 15 is 0 Å². The van der Waals surface area contributed by atoms with Crippen LogP contribution in [-0.4, -0.2) is 27.9 Å². The molecule has 0 radical (unpaired) electrons. The van der Waals surface area contributed by atoms with Crippen molar-refractivity contribution in [1.82, 2.24) is 19.5 Å². The minimum Gasteiger partial charge on any atom is -0.290 e. The first-order chi connectivity index (χ1) is 10.0. The van der Waals surface area contributed by atoms with Gasteiger partial charge in [0.25, 0.3) is 10.0 Å². The van der Waals surface area contributed by atoms with Crippen LogP contribution in [0, 0.1) is 6.92 Å². The van der Waals surface area contributed by atoms with Gasteiger partial charge in [-0.25, -0.2) is 23.4 Å². The number of hydrogen-bond donors (Lipinski definition) is 1. The number of aromatic nitrogens is 4. The summed E-state index contributed by atoms with van der Waals surface area (Å²) in [5.41, 5.74) is 0. The van der Waals surface area contributed by atoms with Crippen LogP contribution in [0.3, 0.4) is 0 Å². The third kappa shape index (κ3) is 2.93. The number of aryl methyl sites for hydroxylation is 1. The van der Waals surface area contributed by atoms with E-state index in [1.165, 1.54) is 17.7 Å². The summed E-state index contributed by atoms with van der Waals surface area (Å²) in [5, 5.41) is 0. The molecule has 3 heterocycles. The maximum atomic E-state index is 12.2. The lowest BCUT2D eigenvalue weighted by Gasteiger charge is -2.06. The van der Waals surface area contributed by atoms with E-state index in [2.05, 4.69) is 19.7 Å². The molecule has 0 aliphatic heterocycles. The Hall–Kier alpha value is -2.26. The van der Waals surface area contributed by atoms with Crippen LogP contribution in [0.15, 0.2) is 47.5 Å². The van der Waals surface area contributed by atoms with Crippen LogP contribution in [0.5, 0.6) is 0 Å². The lowest BCUT2D eigenvalue weighted by Crippen LogP contribution is -2.13. The molecule has 0 amide bonds. The molecule has 1 N–H and O–H groups in total. The first-order valence-electron chi connectivity index (χ1n) is 5.94. The van der Waals surface area contributed by atoms with Gasteiger partial charge in [-0.3, -0.25) is 9.29 Å². The second-order valence-corrected chi connectivity index (χ2v) is 7.40. The van der Waals surface area contributed by atoms with E-state index in [1.807, 2.05) is 6.92 Å². The van der Waals surface area contributed by atoms with Gasteiger partial charge in [0.15, 0.2) is 0 Å². The van der Waals surface area contributed by atoms with E-state index in [4.69, 9.17) is 0 Å². The quantitative estimate of drug-likeness (QED) is 0.792. The van der Waals surface area contributed by atoms with E-state index in [0.717, 1.165) is 4.88 Å². The molecule has 0 unspecified atom stereocenters. The standard InChI is InChI=1S/C12H11N5O2S2/c1-9-2-3-12(20-9)21(18,19)16-10-6-11(15-7-14-10)17-5-4-13-8-17/h2-8H,1H3,(H,14,15,16). The molecule has 0 spiro atoms. The molecule has 0 fully saturated rings. The Morgan fingerprint density at radius 3 is 2.81 bits per heavy atom. The fourth-order valence-electron chi connectivity index (χ4n) is 1.68. The van der Waals surface area contributed by atoms with E-state index in [9.17, 15) is 8.42 Å². The summed E-state index contributed by atoms with van der Waals surface area (Å²) in [6, 6.07) is 4.87. The smallest absolute Gasteiger partial charge is 0.272 e. The molecule has 0 bridgehead atoms. The van der Waals surface area contributed by atoms with Gasteiger partial charge >= 0.3 is 0 Å². The number of imidazole rings is 1. The van der Waals surface area contributed by atoms with Crippen LogP contribution in [0.2, 0.25) is 0 Å². The Morgan fingerprint density at radius 1 is 1.29 bits per heavy atom. The zero-order valence-corrected chi connectivity index (χ0v) is 12.6. The van der Waals surface area contributed by atoms with Crippen molar-refractivity contribution in [2.75, 3.05) is 4.72 Å². The molecular formula is C12H11N5O2S2. The second-order valence-electron chi connectivity index (χ2n) is 4.20. The van der Waals surface area contributed by atoms with Crippen molar-refractivity contribution >= 4 is 27.2 Å². The van der Waals surface area contributed by atoms with Gasteiger partial charge in [-0.15, -0.1) is 11.3 Å². The summed E-state index contributed by atoms with van der Waals surface area (Å²) in [6.07, 6.45) is 6.19. The summed E-state index contributed by atoms with van der Waals surface area (Å²) in [5.74, 6) is 0.738. The molecule has 0 saturated carbocycles. The van der Waals surface area contributed by atoms with Crippen LogP contribution in [0.25, 0.3) is 5.82 Å². The topological polar surface area (TPSA) is 89.8 Å². The van der Waals surface area contributed by atoms with Gasteiger partial charge in [0, 0.05) is 23.3 Å². The molecule has 0 aliphatic rings. The Morgan fingerprint density at radius 2 is 2.14 bits per heavy atom. The summed E-state index contributed by atoms with van der Waals surface area (Å²) < 4.78 is 28.8. The van der Waals surface area contributed by atoms with Crippen LogP contribution < -0.4 is 4.72 Å². The second kappa shape index (κ2) is 5.26. The van der Waals surface area contributed by atoms with Crippen molar-refractivity contribution in [3.63, 3.8) is 0 Å². The van der Waals surface area contributed by atoms with Crippen molar-refractivity contribution in [3.8, 4) is 5.82 Å². The predicted octanol–water partition coefficient (Wildman–Crippen LogP) is 1.83. The minimum absolute atomic E-state index is 0.208. The highest BCUT2D eigenvalue weighted by Gasteiger charge is 2.17. The number of sulfonamides is 1. The number of hydrogen-bond acceptors (Lipinski definition) is 6. The first kappa shape index (κ1) is 13.7. The lowest BCUT2D eigenvalue weighted by atomic mass is 10.5. The molecule has 0 atom stereocenters.